The Balaban J connectivity index is 4.56. The fraction of sp³-hybridized carbons (Fsp3) is 0.800. The first-order valence-corrected chi connectivity index (χ1v) is 12.3. The smallest absolute Gasteiger partial charge is 0.342 e. The van der Waals surface area contributed by atoms with Crippen LogP contribution < -0.4 is 0 Å². The summed E-state index contributed by atoms with van der Waals surface area (Å²) >= 11 is 0. The molecule has 6 heteroatoms. The van der Waals surface area contributed by atoms with Crippen molar-refractivity contribution in [2.24, 2.45) is 5.16 Å². The molecule has 0 unspecified atom stereocenters. The molecule has 0 rings (SSSR count). The first-order chi connectivity index (χ1) is 7.05. The van der Waals surface area contributed by atoms with E-state index in [2.05, 4.69) is 5.16 Å². The summed E-state index contributed by atoms with van der Waals surface area (Å²) in [4.78, 5) is 11.7. The zero-order valence-corrected chi connectivity index (χ0v) is 13.4. The molecular formula is C10H23NO3Si2. The minimum Gasteiger partial charge on any atom is -0.515 e. The number of oxime groups is 1. The molecule has 4 nitrogen and oxygen atoms in total. The van der Waals surface area contributed by atoms with E-state index >= 15 is 0 Å². The molecule has 0 spiro atoms. The van der Waals surface area contributed by atoms with Crippen LogP contribution in [0.4, 0.5) is 0 Å². The van der Waals surface area contributed by atoms with Crippen molar-refractivity contribution < 1.29 is 13.7 Å². The Kier molecular flexibility index (Phi) is 5.41. The van der Waals surface area contributed by atoms with Gasteiger partial charge in [0, 0.05) is 0 Å². The minimum atomic E-state index is -1.85. The molecule has 0 aliphatic heterocycles. The van der Waals surface area contributed by atoms with Gasteiger partial charge in [0.05, 0.1) is 0 Å². The average Bonchev–Trinajstić information content (AvgIpc) is 1.99. The van der Waals surface area contributed by atoms with Crippen molar-refractivity contribution in [3.8, 4) is 0 Å². The van der Waals surface area contributed by atoms with Gasteiger partial charge in [-0.05, 0) is 45.7 Å². The van der Waals surface area contributed by atoms with Crippen molar-refractivity contribution in [1.82, 2.24) is 0 Å². The quantitative estimate of drug-likeness (QED) is 0.434. The fourth-order valence-corrected chi connectivity index (χ4v) is 1.83. The SMILES string of the molecule is CC/C(=N\O[Si](C)(C)C)C(=O)O[Si](C)(C)C. The lowest BCUT2D eigenvalue weighted by atomic mass is 10.3. The van der Waals surface area contributed by atoms with Crippen molar-refractivity contribution in [2.75, 3.05) is 0 Å². The Morgan fingerprint density at radius 2 is 1.56 bits per heavy atom. The van der Waals surface area contributed by atoms with E-state index in [-0.39, 0.29) is 5.97 Å². The van der Waals surface area contributed by atoms with Crippen molar-refractivity contribution in [3.63, 3.8) is 0 Å². The van der Waals surface area contributed by atoms with Crippen LogP contribution in [-0.4, -0.2) is 28.3 Å². The van der Waals surface area contributed by atoms with Gasteiger partial charge < -0.3 is 8.95 Å². The summed E-state index contributed by atoms with van der Waals surface area (Å²) in [6.07, 6.45) is 0.536. The second-order valence-electron chi connectivity index (χ2n) is 5.60. The lowest BCUT2D eigenvalue weighted by molar-refractivity contribution is -0.127. The molecule has 0 aliphatic carbocycles. The molecule has 0 aromatic rings. The maximum absolute atomic E-state index is 11.7. The molecule has 16 heavy (non-hydrogen) atoms. The largest absolute Gasteiger partial charge is 0.515 e. The van der Waals surface area contributed by atoms with E-state index < -0.39 is 16.6 Å². The number of nitrogens with zero attached hydrogens (tertiary/aromatic N) is 1. The van der Waals surface area contributed by atoms with Gasteiger partial charge >= 0.3 is 5.97 Å². The van der Waals surface area contributed by atoms with E-state index in [9.17, 15) is 4.79 Å². The monoisotopic (exact) mass is 261 g/mol. The number of hydrogen-bond acceptors (Lipinski definition) is 4. The van der Waals surface area contributed by atoms with Gasteiger partial charge in [0.15, 0.2) is 5.71 Å². The Bertz CT molecular complexity index is 277. The van der Waals surface area contributed by atoms with Gasteiger partial charge in [-0.1, -0.05) is 12.1 Å². The van der Waals surface area contributed by atoms with E-state index in [0.29, 0.717) is 12.1 Å². The van der Waals surface area contributed by atoms with Gasteiger partial charge in [0.1, 0.15) is 0 Å². The van der Waals surface area contributed by atoms with Crippen LogP contribution in [0.5, 0.6) is 0 Å². The van der Waals surface area contributed by atoms with E-state index in [1.165, 1.54) is 0 Å². The molecule has 0 saturated heterocycles. The number of hydrogen-bond donors (Lipinski definition) is 0. The predicted octanol–water partition coefficient (Wildman–Crippen LogP) is 2.98. The third-order valence-corrected chi connectivity index (χ3v) is 2.84. The van der Waals surface area contributed by atoms with Crippen LogP contribution in [0.25, 0.3) is 0 Å². The summed E-state index contributed by atoms with van der Waals surface area (Å²) in [6.45, 7) is 13.8. The molecular weight excluding hydrogens is 238 g/mol. The Hall–Kier alpha value is -0.626. The predicted molar refractivity (Wildman–Crippen MR) is 71.6 cm³/mol. The topological polar surface area (TPSA) is 47.9 Å². The standard InChI is InChI=1S/C10H23NO3Si2/c1-8-9(11-14-16(5,6)7)10(12)13-15(2,3)4/h8H2,1-7H3/b11-9+. The number of carbonyl (C=O) groups is 1. The zero-order chi connectivity index (χ0) is 13.0. The van der Waals surface area contributed by atoms with Gasteiger partial charge in [-0.15, -0.1) is 0 Å². The van der Waals surface area contributed by atoms with Crippen molar-refractivity contribution in [1.29, 1.82) is 0 Å². The van der Waals surface area contributed by atoms with Gasteiger partial charge in [-0.2, -0.15) is 0 Å². The normalized spacial score (nSPS) is 13.6. The minimum absolute atomic E-state index is 0.333. The molecule has 0 N–H and O–H groups in total. The number of rotatable bonds is 5. The molecule has 0 aromatic heterocycles. The molecule has 0 bridgehead atoms. The van der Waals surface area contributed by atoms with Crippen LogP contribution in [0, 0.1) is 0 Å². The highest BCUT2D eigenvalue weighted by Gasteiger charge is 2.24. The van der Waals surface area contributed by atoms with Crippen LogP contribution in [0.2, 0.25) is 39.3 Å². The molecule has 0 atom stereocenters. The van der Waals surface area contributed by atoms with Crippen molar-refractivity contribution in [2.45, 2.75) is 52.6 Å². The maximum atomic E-state index is 11.7. The summed E-state index contributed by atoms with van der Waals surface area (Å²) in [5.41, 5.74) is 0.379. The highest BCUT2D eigenvalue weighted by Crippen LogP contribution is 2.07. The van der Waals surface area contributed by atoms with E-state index in [1.54, 1.807) is 0 Å². The van der Waals surface area contributed by atoms with Gasteiger partial charge in [-0.3, -0.25) is 0 Å². The zero-order valence-electron chi connectivity index (χ0n) is 11.4. The molecule has 0 saturated carbocycles. The van der Waals surface area contributed by atoms with Crippen molar-refractivity contribution in [3.05, 3.63) is 0 Å². The molecule has 0 radical (unpaired) electrons. The molecule has 0 fully saturated rings. The molecule has 0 amide bonds. The summed E-state index contributed by atoms with van der Waals surface area (Å²) < 4.78 is 10.7. The van der Waals surface area contributed by atoms with Crippen LogP contribution in [0.3, 0.4) is 0 Å². The third-order valence-electron chi connectivity index (χ3n) is 1.40. The molecule has 94 valence electrons. The lowest BCUT2D eigenvalue weighted by Crippen LogP contribution is -2.33. The van der Waals surface area contributed by atoms with Gasteiger partial charge in [0.2, 0.25) is 8.32 Å². The fourth-order valence-electron chi connectivity index (χ4n) is 0.775. The van der Waals surface area contributed by atoms with Gasteiger partial charge in [-0.25, -0.2) is 4.79 Å². The summed E-state index contributed by atoms with van der Waals surface area (Å²) in [7, 11) is -3.57. The Labute approximate surface area is 100 Å². The van der Waals surface area contributed by atoms with E-state index in [1.807, 2.05) is 46.2 Å². The Morgan fingerprint density at radius 1 is 1.06 bits per heavy atom. The molecule has 0 aliphatic rings. The summed E-state index contributed by atoms with van der Waals surface area (Å²) in [5, 5.41) is 3.92. The van der Waals surface area contributed by atoms with Crippen LogP contribution >= 0.6 is 0 Å². The first kappa shape index (κ1) is 15.4. The summed E-state index contributed by atoms with van der Waals surface area (Å²) in [6, 6.07) is 0. The Morgan fingerprint density at radius 3 is 1.88 bits per heavy atom. The second kappa shape index (κ2) is 5.63. The van der Waals surface area contributed by atoms with Crippen LogP contribution in [-0.2, 0) is 13.7 Å². The van der Waals surface area contributed by atoms with Crippen LogP contribution in [0.15, 0.2) is 5.16 Å². The van der Waals surface area contributed by atoms with E-state index in [4.69, 9.17) is 8.95 Å². The molecule has 0 heterocycles. The van der Waals surface area contributed by atoms with Crippen molar-refractivity contribution >= 4 is 28.3 Å². The average molecular weight is 261 g/mol. The maximum Gasteiger partial charge on any atom is 0.342 e. The first-order valence-electron chi connectivity index (χ1n) is 5.53. The summed E-state index contributed by atoms with van der Waals surface area (Å²) in [5.74, 6) is -0.333. The number of carbonyl (C=O) groups excluding carboxylic acids is 1. The van der Waals surface area contributed by atoms with E-state index in [0.717, 1.165) is 0 Å². The lowest BCUT2D eigenvalue weighted by Gasteiger charge is -2.18. The van der Waals surface area contributed by atoms with Crippen LogP contribution in [0.1, 0.15) is 13.3 Å². The van der Waals surface area contributed by atoms with Gasteiger partial charge in [0.25, 0.3) is 8.32 Å². The second-order valence-corrected chi connectivity index (χ2v) is 14.4. The third kappa shape index (κ3) is 7.64. The highest BCUT2D eigenvalue weighted by atomic mass is 28.4. The molecule has 0 aromatic carbocycles. The highest BCUT2D eigenvalue weighted by molar-refractivity contribution is 6.72.